The molecule has 0 spiro atoms. The maximum Gasteiger partial charge on any atom is 0.267 e. The molecular weight excluding hydrogens is 469 g/mol. The molecule has 2 amide bonds. The van der Waals surface area contributed by atoms with E-state index in [0.717, 1.165) is 10.6 Å². The van der Waals surface area contributed by atoms with E-state index in [1.54, 1.807) is 61.5 Å². The summed E-state index contributed by atoms with van der Waals surface area (Å²) in [5, 5.41) is 6.41. The molecule has 176 valence electrons. The van der Waals surface area contributed by atoms with E-state index in [2.05, 4.69) is 15.6 Å². The first-order valence-corrected chi connectivity index (χ1v) is 11.6. The molecule has 3 aromatic carbocycles. The van der Waals surface area contributed by atoms with Crippen LogP contribution in [0.5, 0.6) is 11.5 Å². The largest absolute Gasteiger partial charge is 0.454 e. The van der Waals surface area contributed by atoms with Gasteiger partial charge < -0.3 is 20.1 Å². The number of anilines is 2. The number of benzene rings is 3. The number of hydrogen-bond acceptors (Lipinski definition) is 6. The molecule has 0 aliphatic carbocycles. The summed E-state index contributed by atoms with van der Waals surface area (Å²) in [7, 11) is 0. The van der Waals surface area contributed by atoms with E-state index in [-0.39, 0.29) is 24.4 Å². The minimum atomic E-state index is -0.377. The topological polar surface area (TPSA) is 89.6 Å². The molecule has 0 saturated heterocycles. The van der Waals surface area contributed by atoms with Gasteiger partial charge in [0, 0.05) is 18.2 Å². The Morgan fingerprint density at radius 1 is 0.971 bits per heavy atom. The minimum Gasteiger partial charge on any atom is -0.454 e. The number of nitrogens with zero attached hydrogens (tertiary/aromatic N) is 1. The highest BCUT2D eigenvalue weighted by atomic mass is 32.1. The van der Waals surface area contributed by atoms with Crippen molar-refractivity contribution in [2.75, 3.05) is 17.4 Å². The van der Waals surface area contributed by atoms with Crippen LogP contribution < -0.4 is 20.1 Å². The minimum absolute atomic E-state index is 0.143. The summed E-state index contributed by atoms with van der Waals surface area (Å²) in [6.45, 7) is 1.90. The predicted molar refractivity (Wildman–Crippen MR) is 131 cm³/mol. The number of carbonyl (C=O) groups is 2. The second kappa shape index (κ2) is 9.55. The van der Waals surface area contributed by atoms with Crippen molar-refractivity contribution in [3.63, 3.8) is 0 Å². The number of para-hydroxylation sites is 1. The van der Waals surface area contributed by atoms with Crippen LogP contribution >= 0.6 is 11.3 Å². The molecule has 0 atom stereocenters. The lowest BCUT2D eigenvalue weighted by Gasteiger charge is -2.11. The third-order valence-corrected chi connectivity index (χ3v) is 6.52. The third-order valence-electron chi connectivity index (χ3n) is 5.37. The van der Waals surface area contributed by atoms with Gasteiger partial charge in [-0.05, 0) is 48.9 Å². The van der Waals surface area contributed by atoms with Gasteiger partial charge in [0.1, 0.15) is 10.7 Å². The number of halogens is 1. The van der Waals surface area contributed by atoms with Gasteiger partial charge in [-0.2, -0.15) is 0 Å². The van der Waals surface area contributed by atoms with Crippen LogP contribution in [-0.2, 0) is 6.42 Å². The summed E-state index contributed by atoms with van der Waals surface area (Å²) in [5.74, 6) is 0.146. The summed E-state index contributed by atoms with van der Waals surface area (Å²) in [6.07, 6.45) is 0.494. The molecule has 0 bridgehead atoms. The van der Waals surface area contributed by atoms with Crippen LogP contribution in [-0.4, -0.2) is 23.6 Å². The average Bonchev–Trinajstić information content (AvgIpc) is 3.46. The number of amides is 2. The van der Waals surface area contributed by atoms with Crippen LogP contribution in [0.4, 0.5) is 15.8 Å². The number of aromatic nitrogens is 1. The molecule has 5 rings (SSSR count). The van der Waals surface area contributed by atoms with Crippen LogP contribution in [0.15, 0.2) is 66.7 Å². The molecule has 0 saturated carbocycles. The van der Waals surface area contributed by atoms with Gasteiger partial charge in [-0.15, -0.1) is 11.3 Å². The van der Waals surface area contributed by atoms with Crippen LogP contribution in [0.1, 0.15) is 36.3 Å². The quantitative estimate of drug-likeness (QED) is 0.378. The fourth-order valence-electron chi connectivity index (χ4n) is 3.66. The summed E-state index contributed by atoms with van der Waals surface area (Å²) in [4.78, 5) is 31.0. The van der Waals surface area contributed by atoms with Crippen LogP contribution in [0.2, 0.25) is 0 Å². The van der Waals surface area contributed by atoms with Crippen LogP contribution in [0.3, 0.4) is 0 Å². The van der Waals surface area contributed by atoms with Crippen molar-refractivity contribution in [3.8, 4) is 11.5 Å². The standard InChI is InChI=1S/C26H20FN3O4S/c1-15-24(35-23(28-15)12-16-6-8-17(27)9-7-16)26(32)30-20-5-3-2-4-19(20)25(31)29-18-10-11-21-22(13-18)34-14-33-21/h2-11,13H,12,14H2,1H3,(H,29,31)(H,30,32). The Morgan fingerprint density at radius 3 is 2.57 bits per heavy atom. The summed E-state index contributed by atoms with van der Waals surface area (Å²) in [6, 6.07) is 18.1. The molecule has 9 heteroatoms. The van der Waals surface area contributed by atoms with E-state index in [1.165, 1.54) is 23.5 Å². The van der Waals surface area contributed by atoms with Gasteiger partial charge in [0.2, 0.25) is 6.79 Å². The summed E-state index contributed by atoms with van der Waals surface area (Å²) < 4.78 is 23.8. The SMILES string of the molecule is Cc1nc(Cc2ccc(F)cc2)sc1C(=O)Nc1ccccc1C(=O)Nc1ccc2c(c1)OCO2. The number of aryl methyl sites for hydroxylation is 1. The highest BCUT2D eigenvalue weighted by Crippen LogP contribution is 2.34. The van der Waals surface area contributed by atoms with Gasteiger partial charge in [0.05, 0.1) is 22.0 Å². The molecule has 35 heavy (non-hydrogen) atoms. The number of hydrogen-bond donors (Lipinski definition) is 2. The molecular formula is C26H20FN3O4S. The lowest BCUT2D eigenvalue weighted by molar-refractivity contribution is 0.102. The van der Waals surface area contributed by atoms with E-state index in [1.807, 2.05) is 0 Å². The Hall–Kier alpha value is -4.24. The van der Waals surface area contributed by atoms with Gasteiger partial charge in [-0.25, -0.2) is 9.37 Å². The zero-order chi connectivity index (χ0) is 24.4. The summed E-state index contributed by atoms with van der Waals surface area (Å²) in [5.41, 5.74) is 2.73. The monoisotopic (exact) mass is 489 g/mol. The van der Waals surface area contributed by atoms with Gasteiger partial charge in [-0.1, -0.05) is 24.3 Å². The maximum absolute atomic E-state index is 13.2. The van der Waals surface area contributed by atoms with Gasteiger partial charge in [-0.3, -0.25) is 9.59 Å². The zero-order valence-electron chi connectivity index (χ0n) is 18.6. The van der Waals surface area contributed by atoms with Crippen molar-refractivity contribution in [3.05, 3.63) is 99.3 Å². The van der Waals surface area contributed by atoms with Crippen molar-refractivity contribution < 1.29 is 23.5 Å². The molecule has 1 aliphatic rings. The van der Waals surface area contributed by atoms with E-state index in [4.69, 9.17) is 9.47 Å². The molecule has 4 aromatic rings. The Morgan fingerprint density at radius 2 is 1.74 bits per heavy atom. The first-order chi connectivity index (χ1) is 17.0. The lowest BCUT2D eigenvalue weighted by atomic mass is 10.1. The predicted octanol–water partition coefficient (Wildman–Crippen LogP) is 5.41. The van der Waals surface area contributed by atoms with E-state index in [9.17, 15) is 14.0 Å². The van der Waals surface area contributed by atoms with Gasteiger partial charge >= 0.3 is 0 Å². The normalized spacial score (nSPS) is 11.8. The van der Waals surface area contributed by atoms with Gasteiger partial charge in [0.15, 0.2) is 11.5 Å². The summed E-state index contributed by atoms with van der Waals surface area (Å²) >= 11 is 1.27. The number of carbonyl (C=O) groups excluding carboxylic acids is 2. The first-order valence-electron chi connectivity index (χ1n) is 10.8. The molecule has 2 heterocycles. The number of ether oxygens (including phenoxy) is 2. The molecule has 0 fully saturated rings. The maximum atomic E-state index is 13.2. The Kier molecular flexibility index (Phi) is 6.15. The second-order valence-electron chi connectivity index (χ2n) is 7.85. The smallest absolute Gasteiger partial charge is 0.267 e. The van der Waals surface area contributed by atoms with E-state index < -0.39 is 0 Å². The van der Waals surface area contributed by atoms with Crippen molar-refractivity contribution in [1.82, 2.24) is 4.98 Å². The molecule has 0 radical (unpaired) electrons. The molecule has 1 aliphatic heterocycles. The van der Waals surface area contributed by atoms with Crippen molar-refractivity contribution in [2.45, 2.75) is 13.3 Å². The van der Waals surface area contributed by atoms with Crippen molar-refractivity contribution >= 4 is 34.5 Å². The second-order valence-corrected chi connectivity index (χ2v) is 8.93. The number of rotatable bonds is 6. The highest BCUT2D eigenvalue weighted by Gasteiger charge is 2.20. The fourth-order valence-corrected chi connectivity index (χ4v) is 4.65. The Labute approximate surface area is 204 Å². The van der Waals surface area contributed by atoms with Crippen LogP contribution in [0.25, 0.3) is 0 Å². The number of thiazole rings is 1. The lowest BCUT2D eigenvalue weighted by Crippen LogP contribution is -2.18. The van der Waals surface area contributed by atoms with Crippen molar-refractivity contribution in [2.24, 2.45) is 0 Å². The van der Waals surface area contributed by atoms with E-state index in [0.29, 0.717) is 45.4 Å². The average molecular weight is 490 g/mol. The highest BCUT2D eigenvalue weighted by molar-refractivity contribution is 7.14. The molecule has 2 N–H and O–H groups in total. The Balaban J connectivity index is 1.31. The zero-order valence-corrected chi connectivity index (χ0v) is 19.4. The van der Waals surface area contributed by atoms with Gasteiger partial charge in [0.25, 0.3) is 11.8 Å². The third kappa shape index (κ3) is 4.99. The molecule has 0 unspecified atom stereocenters. The molecule has 7 nitrogen and oxygen atoms in total. The van der Waals surface area contributed by atoms with Crippen LogP contribution in [0, 0.1) is 12.7 Å². The molecule has 1 aromatic heterocycles. The first kappa shape index (κ1) is 22.5. The fraction of sp³-hybridized carbons (Fsp3) is 0.115. The van der Waals surface area contributed by atoms with Crippen molar-refractivity contribution in [1.29, 1.82) is 0 Å². The van der Waals surface area contributed by atoms with E-state index >= 15 is 0 Å². The number of nitrogens with one attached hydrogen (secondary N) is 2. The Bertz CT molecular complexity index is 1420. The number of fused-ring (bicyclic) bond motifs is 1.